The zero-order valence-corrected chi connectivity index (χ0v) is 15.1. The van der Waals surface area contributed by atoms with Crippen molar-refractivity contribution in [1.82, 2.24) is 9.62 Å². The Morgan fingerprint density at radius 1 is 1.16 bits per heavy atom. The van der Waals surface area contributed by atoms with Gasteiger partial charge in [-0.05, 0) is 16.8 Å². The van der Waals surface area contributed by atoms with E-state index in [2.05, 4.69) is 5.32 Å². The molecular weight excluding hydrogens is 340 g/mol. The highest BCUT2D eigenvalue weighted by molar-refractivity contribution is 7.89. The Bertz CT molecular complexity index is 874. The Balaban J connectivity index is 1.78. The van der Waals surface area contributed by atoms with Crippen LogP contribution < -0.4 is 5.32 Å². The molecule has 0 radical (unpaired) electrons. The molecule has 2 atom stereocenters. The van der Waals surface area contributed by atoms with E-state index in [1.807, 2.05) is 36.4 Å². The van der Waals surface area contributed by atoms with Crippen LogP contribution in [0.1, 0.15) is 10.4 Å². The SMILES string of the molecule is CN(C)S(=O)(=O)C[C@@H]1COC[C@H]1NC(=O)c1cccc2ccccc12. The van der Waals surface area contributed by atoms with E-state index in [0.717, 1.165) is 10.8 Å². The highest BCUT2D eigenvalue weighted by Gasteiger charge is 2.34. The normalized spacial score (nSPS) is 20.9. The predicted octanol–water partition coefficient (Wildman–Crippen LogP) is 1.48. The van der Waals surface area contributed by atoms with Gasteiger partial charge in [0, 0.05) is 25.6 Å². The number of fused-ring (bicyclic) bond motifs is 1. The largest absolute Gasteiger partial charge is 0.379 e. The minimum absolute atomic E-state index is 0.0412. The van der Waals surface area contributed by atoms with Crippen molar-refractivity contribution >= 4 is 26.7 Å². The van der Waals surface area contributed by atoms with E-state index in [4.69, 9.17) is 4.74 Å². The van der Waals surface area contributed by atoms with Crippen molar-refractivity contribution in [2.75, 3.05) is 33.1 Å². The molecule has 2 aromatic rings. The molecule has 1 aliphatic rings. The molecule has 134 valence electrons. The van der Waals surface area contributed by atoms with Crippen molar-refractivity contribution in [2.45, 2.75) is 6.04 Å². The second-order valence-corrected chi connectivity index (χ2v) is 8.69. The van der Waals surface area contributed by atoms with E-state index < -0.39 is 10.0 Å². The van der Waals surface area contributed by atoms with Gasteiger partial charge < -0.3 is 10.1 Å². The first-order chi connectivity index (χ1) is 11.9. The second kappa shape index (κ2) is 7.11. The van der Waals surface area contributed by atoms with Crippen LogP contribution in [0.4, 0.5) is 0 Å². The average molecular weight is 362 g/mol. The van der Waals surface area contributed by atoms with Gasteiger partial charge in [-0.15, -0.1) is 0 Å². The van der Waals surface area contributed by atoms with Crippen LogP contribution >= 0.6 is 0 Å². The molecule has 6 nitrogen and oxygen atoms in total. The molecule has 0 unspecified atom stereocenters. The maximum Gasteiger partial charge on any atom is 0.252 e. The van der Waals surface area contributed by atoms with Crippen LogP contribution in [0, 0.1) is 5.92 Å². The predicted molar refractivity (Wildman–Crippen MR) is 97.0 cm³/mol. The summed E-state index contributed by atoms with van der Waals surface area (Å²) in [5.41, 5.74) is 0.583. The topological polar surface area (TPSA) is 75.7 Å². The molecular formula is C18H22N2O4S. The summed E-state index contributed by atoms with van der Waals surface area (Å²) in [7, 11) is -0.330. The molecule has 1 aliphatic heterocycles. The third kappa shape index (κ3) is 3.84. The molecule has 1 saturated heterocycles. The first-order valence-corrected chi connectivity index (χ1v) is 9.76. The van der Waals surface area contributed by atoms with Crippen molar-refractivity contribution in [1.29, 1.82) is 0 Å². The Kier molecular flexibility index (Phi) is 5.08. The molecule has 1 fully saturated rings. The number of benzene rings is 2. The number of nitrogens with one attached hydrogen (secondary N) is 1. The molecule has 0 aromatic heterocycles. The highest BCUT2D eigenvalue weighted by atomic mass is 32.2. The number of carbonyl (C=O) groups excluding carboxylic acids is 1. The fourth-order valence-electron chi connectivity index (χ4n) is 3.01. The first-order valence-electron chi connectivity index (χ1n) is 8.15. The van der Waals surface area contributed by atoms with Gasteiger partial charge in [-0.1, -0.05) is 36.4 Å². The zero-order valence-electron chi connectivity index (χ0n) is 14.3. The highest BCUT2D eigenvalue weighted by Crippen LogP contribution is 2.21. The quantitative estimate of drug-likeness (QED) is 0.874. The number of rotatable bonds is 5. The number of hydrogen-bond acceptors (Lipinski definition) is 4. The molecule has 0 spiro atoms. The molecule has 0 saturated carbocycles. The van der Waals surface area contributed by atoms with Crippen molar-refractivity contribution in [3.63, 3.8) is 0 Å². The lowest BCUT2D eigenvalue weighted by Crippen LogP contribution is -2.43. The van der Waals surface area contributed by atoms with Crippen LogP contribution in [0.15, 0.2) is 42.5 Å². The van der Waals surface area contributed by atoms with Gasteiger partial charge in [0.2, 0.25) is 10.0 Å². The molecule has 0 aliphatic carbocycles. The Hall–Kier alpha value is -1.96. The number of nitrogens with zero attached hydrogens (tertiary/aromatic N) is 1. The molecule has 1 heterocycles. The third-order valence-electron chi connectivity index (χ3n) is 4.53. The van der Waals surface area contributed by atoms with Gasteiger partial charge in [-0.2, -0.15) is 0 Å². The van der Waals surface area contributed by atoms with Gasteiger partial charge >= 0.3 is 0 Å². The summed E-state index contributed by atoms with van der Waals surface area (Å²) in [5.74, 6) is -0.508. The van der Waals surface area contributed by atoms with Gasteiger partial charge in [0.05, 0.1) is 25.0 Å². The number of carbonyl (C=O) groups is 1. The summed E-state index contributed by atoms with van der Waals surface area (Å²) >= 11 is 0. The Morgan fingerprint density at radius 2 is 1.88 bits per heavy atom. The summed E-state index contributed by atoms with van der Waals surface area (Å²) in [6.07, 6.45) is 0. The van der Waals surface area contributed by atoms with E-state index >= 15 is 0 Å². The minimum Gasteiger partial charge on any atom is -0.379 e. The number of amides is 1. The van der Waals surface area contributed by atoms with Gasteiger partial charge in [0.25, 0.3) is 5.91 Å². The molecule has 3 rings (SSSR count). The Morgan fingerprint density at radius 3 is 2.64 bits per heavy atom. The van der Waals surface area contributed by atoms with Crippen molar-refractivity contribution < 1.29 is 17.9 Å². The summed E-state index contributed by atoms with van der Waals surface area (Å²) in [6.45, 7) is 0.650. The lowest BCUT2D eigenvalue weighted by molar-refractivity contribution is 0.0927. The maximum absolute atomic E-state index is 12.7. The summed E-state index contributed by atoms with van der Waals surface area (Å²) in [4.78, 5) is 12.7. The van der Waals surface area contributed by atoms with Crippen LogP contribution in [0.2, 0.25) is 0 Å². The number of ether oxygens (including phenoxy) is 1. The first kappa shape index (κ1) is 17.8. The van der Waals surface area contributed by atoms with Crippen LogP contribution in [0.5, 0.6) is 0 Å². The van der Waals surface area contributed by atoms with Gasteiger partial charge in [-0.25, -0.2) is 12.7 Å². The van der Waals surface area contributed by atoms with E-state index in [1.54, 1.807) is 6.07 Å². The van der Waals surface area contributed by atoms with Crippen LogP contribution in [-0.4, -0.2) is 57.7 Å². The molecule has 25 heavy (non-hydrogen) atoms. The van der Waals surface area contributed by atoms with Gasteiger partial charge in [-0.3, -0.25) is 4.79 Å². The minimum atomic E-state index is -3.35. The van der Waals surface area contributed by atoms with Gasteiger partial charge in [0.1, 0.15) is 0 Å². The lowest BCUT2D eigenvalue weighted by atomic mass is 10.0. The molecule has 1 amide bonds. The van der Waals surface area contributed by atoms with E-state index in [1.165, 1.54) is 18.4 Å². The molecule has 0 bridgehead atoms. The van der Waals surface area contributed by atoms with Crippen molar-refractivity contribution in [2.24, 2.45) is 5.92 Å². The van der Waals surface area contributed by atoms with Crippen LogP contribution in [-0.2, 0) is 14.8 Å². The maximum atomic E-state index is 12.7. The number of hydrogen-bond donors (Lipinski definition) is 1. The van der Waals surface area contributed by atoms with Crippen molar-refractivity contribution in [3.05, 3.63) is 48.0 Å². The molecule has 7 heteroatoms. The van der Waals surface area contributed by atoms with E-state index in [-0.39, 0.29) is 23.6 Å². The summed E-state index contributed by atoms with van der Waals surface area (Å²) < 4.78 is 30.9. The average Bonchev–Trinajstić information content (AvgIpc) is 3.00. The monoisotopic (exact) mass is 362 g/mol. The smallest absolute Gasteiger partial charge is 0.252 e. The summed E-state index contributed by atoms with van der Waals surface area (Å²) in [6, 6.07) is 12.9. The fourth-order valence-corrected chi connectivity index (χ4v) is 4.18. The van der Waals surface area contributed by atoms with Crippen LogP contribution in [0.3, 0.4) is 0 Å². The molecule has 2 aromatic carbocycles. The third-order valence-corrected chi connectivity index (χ3v) is 6.49. The van der Waals surface area contributed by atoms with Crippen LogP contribution in [0.25, 0.3) is 10.8 Å². The van der Waals surface area contributed by atoms with E-state index in [9.17, 15) is 13.2 Å². The van der Waals surface area contributed by atoms with Gasteiger partial charge in [0.15, 0.2) is 0 Å². The standard InChI is InChI=1S/C18H22N2O4S/c1-20(2)25(22,23)12-14-10-24-11-17(14)19-18(21)16-9-5-7-13-6-3-4-8-15(13)16/h3-9,14,17H,10-12H2,1-2H3,(H,19,21)/t14-,17+/m0/s1. The number of sulfonamides is 1. The fraction of sp³-hybridized carbons (Fsp3) is 0.389. The second-order valence-electron chi connectivity index (χ2n) is 6.47. The molecule has 1 N–H and O–H groups in total. The summed E-state index contributed by atoms with van der Waals surface area (Å²) in [5, 5.41) is 4.82. The Labute approximate surface area is 147 Å². The zero-order chi connectivity index (χ0) is 18.0. The van der Waals surface area contributed by atoms with E-state index in [0.29, 0.717) is 18.8 Å². The van der Waals surface area contributed by atoms with Crippen molar-refractivity contribution in [3.8, 4) is 0 Å². The lowest BCUT2D eigenvalue weighted by Gasteiger charge is -2.21.